The molecule has 0 radical (unpaired) electrons. The van der Waals surface area contributed by atoms with Crippen LogP contribution in [0.2, 0.25) is 4.34 Å². The number of aromatic nitrogens is 1. The van der Waals surface area contributed by atoms with Crippen LogP contribution >= 0.6 is 54.8 Å². The second kappa shape index (κ2) is 14.4. The Morgan fingerprint density at radius 3 is 2.12 bits per heavy atom. The maximum absolute atomic E-state index is 13.0. The van der Waals surface area contributed by atoms with Crippen molar-refractivity contribution in [3.63, 3.8) is 0 Å². The molecule has 0 aliphatic carbocycles. The van der Waals surface area contributed by atoms with Gasteiger partial charge in [-0.15, -0.1) is 11.3 Å². The van der Waals surface area contributed by atoms with Crippen LogP contribution in [-0.4, -0.2) is 71.6 Å². The number of thiophene rings is 1. The summed E-state index contributed by atoms with van der Waals surface area (Å²) >= 11 is 14.0. The monoisotopic (exact) mass is 786 g/mol. The number of nitrogens with one attached hydrogen (secondary N) is 1. The van der Waals surface area contributed by atoms with Crippen LogP contribution < -0.4 is 9.62 Å². The van der Waals surface area contributed by atoms with Gasteiger partial charge in [-0.1, -0.05) is 30.9 Å². The SMILES string of the molecule is O=S(=O)(NC1CCOCC1)c1cnc(N2CCC(CCCC3CCN(S(=O)(=O)c4cc(Br)c(Cl)s4)CC3)CC2)c(Br)c1. The lowest BCUT2D eigenvalue weighted by molar-refractivity contribution is 0.0832. The van der Waals surface area contributed by atoms with Gasteiger partial charge in [0.2, 0.25) is 10.0 Å². The zero-order valence-corrected chi connectivity index (χ0v) is 29.7. The summed E-state index contributed by atoms with van der Waals surface area (Å²) in [6.45, 7) is 4.05. The summed E-state index contributed by atoms with van der Waals surface area (Å²) < 4.78 is 63.5. The van der Waals surface area contributed by atoms with E-state index in [9.17, 15) is 16.8 Å². The average Bonchev–Trinajstić information content (AvgIpc) is 3.32. The van der Waals surface area contributed by atoms with E-state index in [-0.39, 0.29) is 10.9 Å². The molecule has 234 valence electrons. The number of pyridine rings is 1. The van der Waals surface area contributed by atoms with Crippen LogP contribution in [0.3, 0.4) is 0 Å². The van der Waals surface area contributed by atoms with Crippen molar-refractivity contribution < 1.29 is 21.6 Å². The quantitative estimate of drug-likeness (QED) is 0.303. The first-order valence-corrected chi connectivity index (χ1v) is 20.2. The molecule has 0 spiro atoms. The number of hydrogen-bond acceptors (Lipinski definition) is 8. The second-order valence-corrected chi connectivity index (χ2v) is 18.6. The largest absolute Gasteiger partial charge is 0.381 e. The van der Waals surface area contributed by atoms with E-state index in [2.05, 4.69) is 46.5 Å². The molecule has 5 heterocycles. The number of anilines is 1. The van der Waals surface area contributed by atoms with Crippen molar-refractivity contribution in [1.82, 2.24) is 14.0 Å². The average molecular weight is 789 g/mol. The molecule has 2 aromatic rings. The maximum Gasteiger partial charge on any atom is 0.252 e. The minimum absolute atomic E-state index is 0.107. The zero-order chi connectivity index (χ0) is 29.9. The highest BCUT2D eigenvalue weighted by atomic mass is 79.9. The van der Waals surface area contributed by atoms with Gasteiger partial charge in [0.25, 0.3) is 10.0 Å². The van der Waals surface area contributed by atoms with Crippen LogP contribution in [0.1, 0.15) is 57.8 Å². The van der Waals surface area contributed by atoms with E-state index in [1.165, 1.54) is 12.6 Å². The molecule has 42 heavy (non-hydrogen) atoms. The molecule has 15 heteroatoms. The summed E-state index contributed by atoms with van der Waals surface area (Å²) in [5.74, 6) is 2.01. The number of halogens is 3. The Morgan fingerprint density at radius 1 is 0.929 bits per heavy atom. The van der Waals surface area contributed by atoms with Gasteiger partial charge < -0.3 is 9.64 Å². The standard InChI is InChI=1S/C27H37Br2ClN4O5S3/c28-23-17-25(40-26(23)30)42(37,38)34-12-6-20(7-13-34)3-1-2-19-4-10-33(11-5-19)27-24(29)16-22(18-31-27)41(35,36)32-21-8-14-39-15-9-21/h16-21,32H,1-15H2. The van der Waals surface area contributed by atoms with E-state index < -0.39 is 20.0 Å². The normalized spacial score (nSPS) is 20.8. The highest BCUT2D eigenvalue weighted by Gasteiger charge is 2.31. The summed E-state index contributed by atoms with van der Waals surface area (Å²) in [5, 5.41) is 0. The van der Waals surface area contributed by atoms with Crippen molar-refractivity contribution in [2.75, 3.05) is 44.3 Å². The summed E-state index contributed by atoms with van der Waals surface area (Å²) in [7, 11) is -7.12. The van der Waals surface area contributed by atoms with E-state index in [1.807, 2.05) is 0 Å². The Morgan fingerprint density at radius 2 is 1.55 bits per heavy atom. The van der Waals surface area contributed by atoms with Gasteiger partial charge in [0.15, 0.2) is 0 Å². The van der Waals surface area contributed by atoms with Crippen LogP contribution in [-0.2, 0) is 24.8 Å². The maximum atomic E-state index is 13.0. The van der Waals surface area contributed by atoms with E-state index >= 15 is 0 Å². The van der Waals surface area contributed by atoms with Gasteiger partial charge >= 0.3 is 0 Å². The highest BCUT2D eigenvalue weighted by molar-refractivity contribution is 9.11. The van der Waals surface area contributed by atoms with Gasteiger partial charge in [-0.2, -0.15) is 4.31 Å². The lowest BCUT2D eigenvalue weighted by Crippen LogP contribution is -2.39. The summed E-state index contributed by atoms with van der Waals surface area (Å²) in [6.07, 6.45) is 10.2. The third-order valence-corrected chi connectivity index (χ3v) is 15.5. The highest BCUT2D eigenvalue weighted by Crippen LogP contribution is 2.37. The first-order chi connectivity index (χ1) is 20.0. The van der Waals surface area contributed by atoms with Gasteiger partial charge in [0.05, 0.1) is 4.47 Å². The Kier molecular flexibility index (Phi) is 11.3. The number of nitrogens with zero attached hydrogens (tertiary/aromatic N) is 3. The molecule has 0 amide bonds. The third-order valence-electron chi connectivity index (χ3n) is 8.58. The smallest absolute Gasteiger partial charge is 0.252 e. The van der Waals surface area contributed by atoms with Gasteiger partial charge in [0.1, 0.15) is 19.3 Å². The summed E-state index contributed by atoms with van der Waals surface area (Å²) in [5.41, 5.74) is 0. The van der Waals surface area contributed by atoms with Crippen LogP contribution in [0.5, 0.6) is 0 Å². The van der Waals surface area contributed by atoms with Crippen molar-refractivity contribution >= 4 is 80.7 Å². The van der Waals surface area contributed by atoms with Crippen LogP contribution in [0, 0.1) is 11.8 Å². The predicted octanol–water partition coefficient (Wildman–Crippen LogP) is 6.27. The van der Waals surface area contributed by atoms with Gasteiger partial charge in [-0.25, -0.2) is 26.5 Å². The summed E-state index contributed by atoms with van der Waals surface area (Å²) in [4.78, 5) is 6.95. The minimum Gasteiger partial charge on any atom is -0.381 e. The van der Waals surface area contributed by atoms with Gasteiger partial charge in [0, 0.05) is 56.1 Å². The van der Waals surface area contributed by atoms with E-state index in [4.69, 9.17) is 16.3 Å². The molecule has 0 bridgehead atoms. The summed E-state index contributed by atoms with van der Waals surface area (Å²) in [6, 6.07) is 3.14. The number of sulfonamides is 2. The molecule has 0 saturated carbocycles. The molecule has 9 nitrogen and oxygen atoms in total. The molecule has 3 fully saturated rings. The fourth-order valence-electron chi connectivity index (χ4n) is 6.04. The third kappa shape index (κ3) is 8.09. The fourth-order valence-corrected chi connectivity index (χ4v) is 12.0. The molecule has 0 aromatic carbocycles. The van der Waals surface area contributed by atoms with Crippen molar-refractivity contribution in [3.8, 4) is 0 Å². The Bertz CT molecular complexity index is 1420. The molecule has 0 atom stereocenters. The van der Waals surface area contributed by atoms with Crippen LogP contribution in [0.25, 0.3) is 0 Å². The van der Waals surface area contributed by atoms with Crippen molar-refractivity contribution in [3.05, 3.63) is 31.6 Å². The molecule has 3 aliphatic rings. The molecule has 2 aromatic heterocycles. The molecule has 5 rings (SSSR count). The molecule has 0 unspecified atom stereocenters. The number of piperidine rings is 2. The van der Waals surface area contributed by atoms with Crippen LogP contribution in [0.4, 0.5) is 5.82 Å². The predicted molar refractivity (Wildman–Crippen MR) is 173 cm³/mol. The van der Waals surface area contributed by atoms with Gasteiger partial charge in [-0.05, 0) is 94.4 Å². The van der Waals surface area contributed by atoms with Crippen LogP contribution in [0.15, 0.2) is 36.4 Å². The molecule has 1 N–H and O–H groups in total. The Hall–Kier alpha value is -0.320. The lowest BCUT2D eigenvalue weighted by atomic mass is 9.87. The van der Waals surface area contributed by atoms with E-state index in [0.29, 0.717) is 68.5 Å². The molecular formula is C27H37Br2ClN4O5S3. The second-order valence-electron chi connectivity index (χ2n) is 11.4. The Balaban J connectivity index is 1.04. The van der Waals surface area contributed by atoms with Crippen molar-refractivity contribution in [1.29, 1.82) is 0 Å². The molecule has 3 aliphatic heterocycles. The number of ether oxygens (including phenoxy) is 1. The van der Waals surface area contributed by atoms with E-state index in [0.717, 1.165) is 68.8 Å². The zero-order valence-electron chi connectivity index (χ0n) is 23.3. The van der Waals surface area contributed by atoms with Crippen molar-refractivity contribution in [2.45, 2.75) is 72.9 Å². The first-order valence-electron chi connectivity index (χ1n) is 14.5. The van der Waals surface area contributed by atoms with E-state index in [1.54, 1.807) is 16.4 Å². The first kappa shape index (κ1) is 33.1. The topological polar surface area (TPSA) is 109 Å². The lowest BCUT2D eigenvalue weighted by Gasteiger charge is -2.34. The van der Waals surface area contributed by atoms with Crippen molar-refractivity contribution in [2.24, 2.45) is 11.8 Å². The van der Waals surface area contributed by atoms with Gasteiger partial charge in [-0.3, -0.25) is 0 Å². The molecular weight excluding hydrogens is 752 g/mol. The number of rotatable bonds is 10. The Labute approximate surface area is 275 Å². The number of hydrogen-bond donors (Lipinski definition) is 1. The fraction of sp³-hybridized carbons (Fsp3) is 0.667. The minimum atomic E-state index is -3.64. The molecule has 3 saturated heterocycles.